The molecule has 19 heavy (non-hydrogen) atoms. The number of amidine groups is 1. The third-order valence-electron chi connectivity index (χ3n) is 2.78. The number of carbonyl (C=O) groups is 1. The van der Waals surface area contributed by atoms with Gasteiger partial charge in [0.05, 0.1) is 5.69 Å². The fraction of sp³-hybridized carbons (Fsp3) is 0.429. The van der Waals surface area contributed by atoms with Gasteiger partial charge in [0.2, 0.25) is 0 Å². The van der Waals surface area contributed by atoms with E-state index in [2.05, 4.69) is 5.22 Å². The molecule has 1 aromatic rings. The van der Waals surface area contributed by atoms with Gasteiger partial charge in [-0.3, -0.25) is 10.2 Å². The maximum absolute atomic E-state index is 11.8. The molecule has 5 nitrogen and oxygen atoms in total. The van der Waals surface area contributed by atoms with Crippen molar-refractivity contribution in [1.29, 1.82) is 10.9 Å². The first-order valence-corrected chi connectivity index (χ1v) is 6.19. The van der Waals surface area contributed by atoms with Crippen LogP contribution in [-0.4, -0.2) is 11.6 Å². The quantitative estimate of drug-likeness (QED) is 0.365. The van der Waals surface area contributed by atoms with Crippen molar-refractivity contribution in [3.8, 4) is 0 Å². The highest BCUT2D eigenvalue weighted by Crippen LogP contribution is 2.20. The molecule has 0 radical (unpaired) electrons. The highest BCUT2D eigenvalue weighted by molar-refractivity contribution is 5.97. The fourth-order valence-electron chi connectivity index (χ4n) is 1.56. The monoisotopic (exact) mass is 260 g/mol. The molecule has 0 heterocycles. The van der Waals surface area contributed by atoms with Crippen LogP contribution >= 0.6 is 0 Å². The van der Waals surface area contributed by atoms with Gasteiger partial charge in [0.1, 0.15) is 11.6 Å². The Morgan fingerprint density at radius 1 is 1.21 bits per heavy atom. The SMILES string of the molecule is CC(C)(C)C(=O)CCC(=N)N(N=N)c1ccccc1. The number of hydrogen-bond donors (Lipinski definition) is 2. The molecule has 0 saturated carbocycles. The Labute approximate surface area is 113 Å². The Hall–Kier alpha value is -2.04. The van der Waals surface area contributed by atoms with E-state index in [4.69, 9.17) is 10.9 Å². The number of carbonyl (C=O) groups excluding carboxylic acids is 1. The molecule has 0 aliphatic carbocycles. The minimum Gasteiger partial charge on any atom is -0.299 e. The summed E-state index contributed by atoms with van der Waals surface area (Å²) in [5.41, 5.74) is 7.43. The highest BCUT2D eigenvalue weighted by atomic mass is 16.1. The maximum atomic E-state index is 11.8. The molecule has 2 N–H and O–H groups in total. The molecule has 0 aromatic heterocycles. The van der Waals surface area contributed by atoms with Crippen molar-refractivity contribution in [2.45, 2.75) is 33.6 Å². The van der Waals surface area contributed by atoms with Crippen LogP contribution < -0.4 is 5.01 Å². The van der Waals surface area contributed by atoms with E-state index in [0.717, 1.165) is 0 Å². The van der Waals surface area contributed by atoms with Crippen molar-refractivity contribution < 1.29 is 4.79 Å². The number of para-hydroxylation sites is 1. The number of hydrogen-bond acceptors (Lipinski definition) is 4. The van der Waals surface area contributed by atoms with Crippen LogP contribution in [0.15, 0.2) is 35.6 Å². The van der Waals surface area contributed by atoms with E-state index in [-0.39, 0.29) is 18.0 Å². The Kier molecular flexibility index (Phi) is 4.92. The number of nitrogens with one attached hydrogen (secondary N) is 2. The van der Waals surface area contributed by atoms with Crippen LogP contribution in [0.25, 0.3) is 0 Å². The predicted molar refractivity (Wildman–Crippen MR) is 75.5 cm³/mol. The van der Waals surface area contributed by atoms with Gasteiger partial charge in [0.15, 0.2) is 0 Å². The average Bonchev–Trinajstić information content (AvgIpc) is 2.37. The molecule has 5 heteroatoms. The van der Waals surface area contributed by atoms with Crippen molar-refractivity contribution in [2.24, 2.45) is 10.6 Å². The van der Waals surface area contributed by atoms with Crippen molar-refractivity contribution in [1.82, 2.24) is 0 Å². The van der Waals surface area contributed by atoms with Gasteiger partial charge in [-0.1, -0.05) is 44.2 Å². The van der Waals surface area contributed by atoms with Crippen molar-refractivity contribution in [2.75, 3.05) is 5.01 Å². The van der Waals surface area contributed by atoms with E-state index in [1.165, 1.54) is 5.01 Å². The number of Topliss-reactive ketones (excluding diaryl/α,β-unsaturated/α-hetero) is 1. The molecule has 1 rings (SSSR count). The molecule has 0 bridgehead atoms. The van der Waals surface area contributed by atoms with Gasteiger partial charge in [-0.25, -0.2) is 5.01 Å². The molecule has 0 aliphatic rings. The summed E-state index contributed by atoms with van der Waals surface area (Å²) < 4.78 is 0. The second kappa shape index (κ2) is 6.22. The van der Waals surface area contributed by atoms with Crippen molar-refractivity contribution in [3.05, 3.63) is 30.3 Å². The Morgan fingerprint density at radius 2 is 1.79 bits per heavy atom. The van der Waals surface area contributed by atoms with E-state index >= 15 is 0 Å². The van der Waals surface area contributed by atoms with E-state index in [9.17, 15) is 4.79 Å². The molecule has 0 atom stereocenters. The van der Waals surface area contributed by atoms with Crippen LogP contribution in [0.3, 0.4) is 0 Å². The van der Waals surface area contributed by atoms with E-state index in [0.29, 0.717) is 12.1 Å². The Balaban J connectivity index is 2.67. The third-order valence-corrected chi connectivity index (χ3v) is 2.78. The molecule has 1 aromatic carbocycles. The molecular weight excluding hydrogens is 240 g/mol. The first-order valence-electron chi connectivity index (χ1n) is 6.19. The molecule has 0 spiro atoms. The summed E-state index contributed by atoms with van der Waals surface area (Å²) in [6, 6.07) is 9.05. The second-order valence-electron chi connectivity index (χ2n) is 5.37. The lowest BCUT2D eigenvalue weighted by Crippen LogP contribution is -2.27. The Morgan fingerprint density at radius 3 is 2.26 bits per heavy atom. The molecule has 102 valence electrons. The standard InChI is InChI=1S/C14H20N4O/c1-14(2,3)12(19)9-10-13(15)18(17-16)11-7-5-4-6-8-11/h4-8,15-16H,9-10H2,1-3H3. The smallest absolute Gasteiger partial charge is 0.138 e. The van der Waals surface area contributed by atoms with Crippen molar-refractivity contribution in [3.63, 3.8) is 0 Å². The Bertz CT molecular complexity index is 462. The average molecular weight is 260 g/mol. The number of nitrogens with zero attached hydrogens (tertiary/aromatic N) is 2. The largest absolute Gasteiger partial charge is 0.299 e. The molecular formula is C14H20N4O. The van der Waals surface area contributed by atoms with Crippen LogP contribution in [0.5, 0.6) is 0 Å². The lowest BCUT2D eigenvalue weighted by Gasteiger charge is -2.20. The van der Waals surface area contributed by atoms with E-state index in [1.807, 2.05) is 39.0 Å². The van der Waals surface area contributed by atoms with Crippen LogP contribution in [0.1, 0.15) is 33.6 Å². The summed E-state index contributed by atoms with van der Waals surface area (Å²) in [6.07, 6.45) is 0.578. The molecule has 0 saturated heterocycles. The molecule has 0 unspecified atom stereocenters. The van der Waals surface area contributed by atoms with Crippen molar-refractivity contribution >= 4 is 17.3 Å². The second-order valence-corrected chi connectivity index (χ2v) is 5.37. The minimum absolute atomic E-state index is 0.107. The van der Waals surface area contributed by atoms with Crippen LogP contribution in [0, 0.1) is 16.4 Å². The number of anilines is 1. The third kappa shape index (κ3) is 4.28. The summed E-state index contributed by atoms with van der Waals surface area (Å²) in [4.78, 5) is 11.8. The summed E-state index contributed by atoms with van der Waals surface area (Å²) in [5.74, 6) is 0.258. The van der Waals surface area contributed by atoms with E-state index in [1.54, 1.807) is 12.1 Å². The van der Waals surface area contributed by atoms with Gasteiger partial charge >= 0.3 is 0 Å². The topological polar surface area (TPSA) is 80.4 Å². The van der Waals surface area contributed by atoms with Gasteiger partial charge in [-0.2, -0.15) is 5.53 Å². The lowest BCUT2D eigenvalue weighted by atomic mass is 9.88. The zero-order valence-electron chi connectivity index (χ0n) is 11.6. The fourth-order valence-corrected chi connectivity index (χ4v) is 1.56. The number of ketones is 1. The lowest BCUT2D eigenvalue weighted by molar-refractivity contribution is -0.126. The van der Waals surface area contributed by atoms with Crippen LogP contribution in [-0.2, 0) is 4.79 Å². The van der Waals surface area contributed by atoms with Crippen LogP contribution in [0.2, 0.25) is 0 Å². The minimum atomic E-state index is -0.393. The number of rotatable bonds is 5. The normalized spacial score (nSPS) is 10.9. The predicted octanol–water partition coefficient (Wildman–Crippen LogP) is 3.81. The molecule has 0 amide bonds. The first-order chi connectivity index (χ1) is 8.86. The van der Waals surface area contributed by atoms with Crippen LogP contribution in [0.4, 0.5) is 5.69 Å². The maximum Gasteiger partial charge on any atom is 0.138 e. The summed E-state index contributed by atoms with van der Waals surface area (Å²) >= 11 is 0. The number of benzene rings is 1. The molecule has 0 aliphatic heterocycles. The van der Waals surface area contributed by atoms with Gasteiger partial charge in [0, 0.05) is 18.3 Å². The van der Waals surface area contributed by atoms with Gasteiger partial charge in [0.25, 0.3) is 0 Å². The first kappa shape index (κ1) is 15.0. The zero-order chi connectivity index (χ0) is 14.5. The van der Waals surface area contributed by atoms with Gasteiger partial charge in [-0.05, 0) is 12.1 Å². The molecule has 0 fully saturated rings. The van der Waals surface area contributed by atoms with E-state index < -0.39 is 5.41 Å². The van der Waals surface area contributed by atoms with Gasteiger partial charge in [-0.15, -0.1) is 0 Å². The summed E-state index contributed by atoms with van der Waals surface area (Å²) in [7, 11) is 0. The highest BCUT2D eigenvalue weighted by Gasteiger charge is 2.22. The summed E-state index contributed by atoms with van der Waals surface area (Å²) in [6.45, 7) is 5.59. The van der Waals surface area contributed by atoms with Gasteiger partial charge < -0.3 is 0 Å². The zero-order valence-corrected chi connectivity index (χ0v) is 11.6. The summed E-state index contributed by atoms with van der Waals surface area (Å²) in [5, 5.41) is 12.5.